The molecular formula is C30H39FN6O3S. The molecule has 41 heavy (non-hydrogen) atoms. The van der Waals surface area contributed by atoms with Gasteiger partial charge < -0.3 is 15.5 Å². The average Bonchev–Trinajstić information content (AvgIpc) is 3.47. The van der Waals surface area contributed by atoms with Gasteiger partial charge in [-0.05, 0) is 73.2 Å². The topological polar surface area (TPSA) is 104 Å². The highest BCUT2D eigenvalue weighted by Gasteiger charge is 2.37. The minimum absolute atomic E-state index is 0.146. The molecule has 0 bridgehead atoms. The number of benzene rings is 2. The van der Waals surface area contributed by atoms with E-state index in [1.165, 1.54) is 24.5 Å². The summed E-state index contributed by atoms with van der Waals surface area (Å²) in [4.78, 5) is 2.57. The van der Waals surface area contributed by atoms with Crippen LogP contribution in [0.15, 0.2) is 53.7 Å². The van der Waals surface area contributed by atoms with E-state index < -0.39 is 10.0 Å². The van der Waals surface area contributed by atoms with Crippen LogP contribution in [0.5, 0.6) is 0 Å². The summed E-state index contributed by atoms with van der Waals surface area (Å²) in [6, 6.07) is 10.0. The molecule has 1 atom stereocenters. The number of aryl methyl sites for hydroxylation is 1. The summed E-state index contributed by atoms with van der Waals surface area (Å²) in [5.74, 6) is 0.0904. The molecule has 2 N–H and O–H groups in total. The van der Waals surface area contributed by atoms with Crippen LogP contribution in [0.25, 0.3) is 0 Å². The first-order valence-corrected chi connectivity index (χ1v) is 15.6. The van der Waals surface area contributed by atoms with Crippen molar-refractivity contribution >= 4 is 27.6 Å². The molecule has 9 nitrogen and oxygen atoms in total. The Balaban J connectivity index is 1.43. The van der Waals surface area contributed by atoms with Gasteiger partial charge in [0.2, 0.25) is 10.0 Å². The van der Waals surface area contributed by atoms with Crippen molar-refractivity contribution in [1.29, 1.82) is 5.41 Å². The molecule has 2 aliphatic heterocycles. The van der Waals surface area contributed by atoms with Crippen molar-refractivity contribution in [3.8, 4) is 0 Å². The first-order chi connectivity index (χ1) is 19.7. The summed E-state index contributed by atoms with van der Waals surface area (Å²) >= 11 is 0. The molecule has 220 valence electrons. The number of sulfonamides is 1. The van der Waals surface area contributed by atoms with Gasteiger partial charge in [0.25, 0.3) is 0 Å². The van der Waals surface area contributed by atoms with Crippen LogP contribution < -0.4 is 5.32 Å². The summed E-state index contributed by atoms with van der Waals surface area (Å²) in [6.45, 7) is 9.78. The number of hydrogen-bond donors (Lipinski definition) is 2. The quantitative estimate of drug-likeness (QED) is 0.339. The summed E-state index contributed by atoms with van der Waals surface area (Å²) in [7, 11) is -3.75. The maximum absolute atomic E-state index is 13.8. The van der Waals surface area contributed by atoms with Gasteiger partial charge >= 0.3 is 0 Å². The number of nitrogens with zero attached hydrogens (tertiary/aromatic N) is 4. The molecule has 2 aliphatic rings. The lowest BCUT2D eigenvalue weighted by Gasteiger charge is -2.42. The number of halogens is 1. The van der Waals surface area contributed by atoms with Crippen LogP contribution in [-0.4, -0.2) is 73.0 Å². The second-order valence-corrected chi connectivity index (χ2v) is 13.3. The zero-order valence-electron chi connectivity index (χ0n) is 23.9. The van der Waals surface area contributed by atoms with E-state index in [-0.39, 0.29) is 22.8 Å². The molecule has 2 aromatic carbocycles. The standard InChI is InChI=1S/C30H39FN6O3S/c1-21(2)18-35-10-11-36(41(38,39)27-17-33-37(19-27)26-8-12-40-13-9-26)20-30(35)28-15-23(16-32)29(14-22(28)3)34-25-6-4-24(31)5-7-25/h4-7,14-17,19,21,26,30,32,34H,8-13,18,20H2,1-3H3. The molecule has 11 heteroatoms. The van der Waals surface area contributed by atoms with Crippen LogP contribution in [0.2, 0.25) is 0 Å². The van der Waals surface area contributed by atoms with Gasteiger partial charge in [0, 0.05) is 74.8 Å². The normalized spacial score (nSPS) is 19.5. The zero-order valence-corrected chi connectivity index (χ0v) is 24.7. The van der Waals surface area contributed by atoms with Crippen molar-refractivity contribution < 1.29 is 17.5 Å². The van der Waals surface area contributed by atoms with Crippen LogP contribution in [0.4, 0.5) is 15.8 Å². The minimum Gasteiger partial charge on any atom is -0.381 e. The Morgan fingerprint density at radius 1 is 1.17 bits per heavy atom. The van der Waals surface area contributed by atoms with Crippen LogP contribution in [0.1, 0.15) is 55.5 Å². The van der Waals surface area contributed by atoms with E-state index in [0.717, 1.165) is 41.9 Å². The Morgan fingerprint density at radius 2 is 1.90 bits per heavy atom. The number of nitrogens with one attached hydrogen (secondary N) is 2. The van der Waals surface area contributed by atoms with Gasteiger partial charge in [-0.25, -0.2) is 12.8 Å². The summed E-state index contributed by atoms with van der Waals surface area (Å²) < 4.78 is 49.9. The molecule has 0 aliphatic carbocycles. The Hall–Kier alpha value is -3.12. The number of aromatic nitrogens is 2. The van der Waals surface area contributed by atoms with Gasteiger partial charge in [-0.1, -0.05) is 13.8 Å². The molecule has 0 amide bonds. The number of anilines is 2. The number of rotatable bonds is 9. The smallest absolute Gasteiger partial charge is 0.246 e. The van der Waals surface area contributed by atoms with Gasteiger partial charge in [-0.2, -0.15) is 9.40 Å². The van der Waals surface area contributed by atoms with Crippen molar-refractivity contribution in [2.75, 3.05) is 44.7 Å². The molecule has 3 heterocycles. The van der Waals surface area contributed by atoms with Gasteiger partial charge in [0.1, 0.15) is 10.7 Å². The van der Waals surface area contributed by atoms with E-state index in [2.05, 4.69) is 29.2 Å². The van der Waals surface area contributed by atoms with Crippen molar-refractivity contribution in [2.45, 2.75) is 50.6 Å². The molecule has 1 aromatic heterocycles. The lowest BCUT2D eigenvalue weighted by molar-refractivity contribution is 0.0662. The van der Waals surface area contributed by atoms with Gasteiger partial charge in [0.15, 0.2) is 0 Å². The molecule has 0 saturated carbocycles. The van der Waals surface area contributed by atoms with Crippen LogP contribution in [0, 0.1) is 24.1 Å². The Kier molecular flexibility index (Phi) is 8.88. The van der Waals surface area contributed by atoms with Gasteiger partial charge in [-0.3, -0.25) is 9.58 Å². The van der Waals surface area contributed by atoms with E-state index in [0.29, 0.717) is 44.3 Å². The van der Waals surface area contributed by atoms with Crippen molar-refractivity contribution in [3.05, 3.63) is 71.3 Å². The van der Waals surface area contributed by atoms with Gasteiger partial charge in [0.05, 0.1) is 12.2 Å². The van der Waals surface area contributed by atoms with E-state index in [1.807, 2.05) is 19.1 Å². The fourth-order valence-electron chi connectivity index (χ4n) is 5.77. The van der Waals surface area contributed by atoms with Crippen molar-refractivity contribution in [3.63, 3.8) is 0 Å². The highest BCUT2D eigenvalue weighted by Crippen LogP contribution is 2.35. The zero-order chi connectivity index (χ0) is 29.1. The molecule has 5 rings (SSSR count). The van der Waals surface area contributed by atoms with Crippen molar-refractivity contribution in [2.24, 2.45) is 5.92 Å². The maximum Gasteiger partial charge on any atom is 0.246 e. The Morgan fingerprint density at radius 3 is 2.59 bits per heavy atom. The molecule has 2 saturated heterocycles. The monoisotopic (exact) mass is 582 g/mol. The second kappa shape index (κ2) is 12.4. The lowest BCUT2D eigenvalue weighted by Crippen LogP contribution is -2.51. The van der Waals surface area contributed by atoms with Crippen molar-refractivity contribution in [1.82, 2.24) is 19.0 Å². The highest BCUT2D eigenvalue weighted by molar-refractivity contribution is 7.89. The summed E-state index contributed by atoms with van der Waals surface area (Å²) in [6.07, 6.45) is 6.06. The minimum atomic E-state index is -3.75. The molecule has 2 fully saturated rings. The summed E-state index contributed by atoms with van der Waals surface area (Å²) in [5.41, 5.74) is 4.12. The lowest BCUT2D eigenvalue weighted by atomic mass is 9.94. The predicted octanol–water partition coefficient (Wildman–Crippen LogP) is 5.13. The average molecular weight is 583 g/mol. The maximum atomic E-state index is 13.8. The van der Waals surface area contributed by atoms with E-state index in [1.54, 1.807) is 27.3 Å². The fraction of sp³-hybridized carbons (Fsp3) is 0.467. The van der Waals surface area contributed by atoms with E-state index in [9.17, 15) is 12.8 Å². The first kappa shape index (κ1) is 29.4. The predicted molar refractivity (Wildman–Crippen MR) is 158 cm³/mol. The van der Waals surface area contributed by atoms with E-state index in [4.69, 9.17) is 10.1 Å². The third kappa shape index (κ3) is 6.53. The molecule has 3 aromatic rings. The molecular weight excluding hydrogens is 543 g/mol. The van der Waals surface area contributed by atoms with Crippen LogP contribution in [-0.2, 0) is 14.8 Å². The third-order valence-corrected chi connectivity index (χ3v) is 9.73. The molecule has 0 radical (unpaired) electrons. The third-order valence-electron chi connectivity index (χ3n) is 7.91. The second-order valence-electron chi connectivity index (χ2n) is 11.3. The van der Waals surface area contributed by atoms with Gasteiger partial charge in [-0.15, -0.1) is 0 Å². The SMILES string of the molecule is Cc1cc(Nc2ccc(F)cc2)c(C=N)cc1C1CN(S(=O)(=O)c2cnn(C3CCOCC3)c2)CCN1CC(C)C. The number of hydrogen-bond acceptors (Lipinski definition) is 7. The number of piperazine rings is 1. The van der Waals surface area contributed by atoms with Crippen LogP contribution in [0.3, 0.4) is 0 Å². The molecule has 1 unspecified atom stereocenters. The Labute approximate surface area is 241 Å². The largest absolute Gasteiger partial charge is 0.381 e. The molecule has 0 spiro atoms. The fourth-order valence-corrected chi connectivity index (χ4v) is 7.15. The Bertz CT molecular complexity index is 1470. The summed E-state index contributed by atoms with van der Waals surface area (Å²) in [5, 5.41) is 15.8. The highest BCUT2D eigenvalue weighted by atomic mass is 32.2. The van der Waals surface area contributed by atoms with E-state index >= 15 is 0 Å². The first-order valence-electron chi connectivity index (χ1n) is 14.2. The van der Waals surface area contributed by atoms with Crippen LogP contribution >= 0.6 is 0 Å². The number of ether oxygens (including phenoxy) is 1.